The van der Waals surface area contributed by atoms with Crippen LogP contribution in [0.4, 0.5) is 5.69 Å². The molecule has 0 bridgehead atoms. The quantitative estimate of drug-likeness (QED) is 0.646. The number of morpholine rings is 1. The highest BCUT2D eigenvalue weighted by atomic mass is 32.2. The minimum atomic E-state index is 0.286. The Labute approximate surface area is 162 Å². The average molecular weight is 377 g/mol. The van der Waals surface area contributed by atoms with E-state index in [1.165, 1.54) is 11.3 Å². The van der Waals surface area contributed by atoms with Crippen LogP contribution in [0.1, 0.15) is 26.3 Å². The molecule has 0 saturated carbocycles. The Kier molecular flexibility index (Phi) is 6.70. The first-order valence-corrected chi connectivity index (χ1v) is 10.6. The van der Waals surface area contributed by atoms with Crippen LogP contribution < -0.4 is 10.2 Å². The van der Waals surface area contributed by atoms with Crippen molar-refractivity contribution >= 4 is 23.4 Å². The van der Waals surface area contributed by atoms with Crippen molar-refractivity contribution in [1.82, 2.24) is 10.2 Å². The number of ether oxygens (including phenoxy) is 1. The third kappa shape index (κ3) is 5.30. The summed E-state index contributed by atoms with van der Waals surface area (Å²) in [6, 6.07) is 8.83. The van der Waals surface area contributed by atoms with Gasteiger partial charge in [-0.1, -0.05) is 12.1 Å². The summed E-state index contributed by atoms with van der Waals surface area (Å²) in [7, 11) is 0. The Hall–Kier alpha value is -1.40. The lowest BCUT2D eigenvalue weighted by atomic mass is 10.2. The summed E-state index contributed by atoms with van der Waals surface area (Å²) in [6.07, 6.45) is 0. The topological polar surface area (TPSA) is 40.1 Å². The molecule has 2 saturated heterocycles. The van der Waals surface area contributed by atoms with Gasteiger partial charge in [-0.3, -0.25) is 0 Å². The Bertz CT molecular complexity index is 596. The van der Waals surface area contributed by atoms with Crippen molar-refractivity contribution in [2.45, 2.75) is 32.1 Å². The Morgan fingerprint density at radius 1 is 1.19 bits per heavy atom. The lowest BCUT2D eigenvalue weighted by Gasteiger charge is -2.39. The summed E-state index contributed by atoms with van der Waals surface area (Å²) in [4.78, 5) is 9.69. The molecule has 2 fully saturated rings. The zero-order valence-corrected chi connectivity index (χ0v) is 17.1. The van der Waals surface area contributed by atoms with Gasteiger partial charge in [0.1, 0.15) is 0 Å². The van der Waals surface area contributed by atoms with Crippen LogP contribution in [-0.2, 0) is 11.3 Å². The third-order valence-electron chi connectivity index (χ3n) is 4.78. The van der Waals surface area contributed by atoms with Gasteiger partial charge in [-0.05, 0) is 38.5 Å². The van der Waals surface area contributed by atoms with Crippen molar-refractivity contribution in [3.8, 4) is 0 Å². The van der Waals surface area contributed by atoms with Crippen LogP contribution in [0.15, 0.2) is 29.3 Å². The van der Waals surface area contributed by atoms with Crippen LogP contribution in [0.2, 0.25) is 0 Å². The normalized spacial score (nSPS) is 21.0. The number of rotatable bonds is 4. The Balaban J connectivity index is 1.63. The first-order chi connectivity index (χ1) is 12.6. The SMILES string of the molecule is CCNC(=NCc1ccc(N2CCOCC2)cc1)N1CCSC(C)(C)C1. The molecule has 0 spiro atoms. The van der Waals surface area contributed by atoms with Crippen LogP contribution in [0.25, 0.3) is 0 Å². The molecule has 0 aromatic heterocycles. The summed E-state index contributed by atoms with van der Waals surface area (Å²) in [5.41, 5.74) is 2.53. The summed E-state index contributed by atoms with van der Waals surface area (Å²) in [6.45, 7) is 14.1. The fourth-order valence-corrected chi connectivity index (χ4v) is 4.53. The Morgan fingerprint density at radius 2 is 1.92 bits per heavy atom. The van der Waals surface area contributed by atoms with Gasteiger partial charge in [0.2, 0.25) is 0 Å². The fraction of sp³-hybridized carbons (Fsp3) is 0.650. The molecular weight excluding hydrogens is 344 g/mol. The summed E-state index contributed by atoms with van der Waals surface area (Å²) in [5, 5.41) is 3.47. The van der Waals surface area contributed by atoms with Crippen molar-refractivity contribution in [3.63, 3.8) is 0 Å². The van der Waals surface area contributed by atoms with E-state index in [1.807, 2.05) is 0 Å². The summed E-state index contributed by atoms with van der Waals surface area (Å²) >= 11 is 2.05. The number of aliphatic imine (C=N–C) groups is 1. The number of hydrogen-bond acceptors (Lipinski definition) is 4. The number of hydrogen-bond donors (Lipinski definition) is 1. The molecule has 6 heteroatoms. The van der Waals surface area contributed by atoms with Gasteiger partial charge < -0.3 is 19.9 Å². The van der Waals surface area contributed by atoms with Crippen molar-refractivity contribution in [3.05, 3.63) is 29.8 Å². The van der Waals surface area contributed by atoms with Gasteiger partial charge in [-0.25, -0.2) is 4.99 Å². The first kappa shape index (κ1) is 19.4. The van der Waals surface area contributed by atoms with Gasteiger partial charge in [-0.2, -0.15) is 11.8 Å². The van der Waals surface area contributed by atoms with Crippen LogP contribution in [0, 0.1) is 0 Å². The van der Waals surface area contributed by atoms with Crippen LogP contribution >= 0.6 is 11.8 Å². The molecule has 2 heterocycles. The molecule has 26 heavy (non-hydrogen) atoms. The van der Waals surface area contributed by atoms with Gasteiger partial charge in [-0.15, -0.1) is 0 Å². The number of thioether (sulfide) groups is 1. The molecular formula is C20H32N4OS. The smallest absolute Gasteiger partial charge is 0.194 e. The third-order valence-corrected chi connectivity index (χ3v) is 6.08. The minimum absolute atomic E-state index is 0.286. The van der Waals surface area contributed by atoms with E-state index in [0.29, 0.717) is 0 Å². The molecule has 1 aromatic carbocycles. The molecule has 0 unspecified atom stereocenters. The second kappa shape index (κ2) is 9.00. The van der Waals surface area contributed by atoms with E-state index in [4.69, 9.17) is 9.73 Å². The molecule has 0 radical (unpaired) electrons. The predicted molar refractivity (Wildman–Crippen MR) is 112 cm³/mol. The standard InChI is InChI=1S/C20H32N4OS/c1-4-21-19(24-11-14-26-20(2,3)16-24)22-15-17-5-7-18(8-6-17)23-9-12-25-13-10-23/h5-8H,4,9-16H2,1-3H3,(H,21,22). The zero-order valence-electron chi connectivity index (χ0n) is 16.3. The second-order valence-corrected chi connectivity index (χ2v) is 9.27. The fourth-order valence-electron chi connectivity index (χ4n) is 3.42. The van der Waals surface area contributed by atoms with Gasteiger partial charge in [0.25, 0.3) is 0 Å². The van der Waals surface area contributed by atoms with Crippen LogP contribution in [-0.4, -0.2) is 67.3 Å². The van der Waals surface area contributed by atoms with E-state index in [-0.39, 0.29) is 4.75 Å². The van der Waals surface area contributed by atoms with Crippen molar-refractivity contribution < 1.29 is 4.74 Å². The number of anilines is 1. The number of nitrogens with one attached hydrogen (secondary N) is 1. The maximum absolute atomic E-state index is 5.43. The lowest BCUT2D eigenvalue weighted by molar-refractivity contribution is 0.122. The van der Waals surface area contributed by atoms with E-state index in [0.717, 1.165) is 64.2 Å². The first-order valence-electron chi connectivity index (χ1n) is 9.66. The molecule has 0 aliphatic carbocycles. The maximum atomic E-state index is 5.43. The van der Waals surface area contributed by atoms with E-state index in [2.05, 4.69) is 71.9 Å². The van der Waals surface area contributed by atoms with Crippen molar-refractivity contribution in [1.29, 1.82) is 0 Å². The average Bonchev–Trinajstić information content (AvgIpc) is 2.65. The molecule has 1 N–H and O–H groups in total. The number of benzene rings is 1. The molecule has 5 nitrogen and oxygen atoms in total. The van der Waals surface area contributed by atoms with Crippen LogP contribution in [0.5, 0.6) is 0 Å². The lowest BCUT2D eigenvalue weighted by Crippen LogP contribution is -2.50. The Morgan fingerprint density at radius 3 is 2.58 bits per heavy atom. The number of guanidine groups is 1. The van der Waals surface area contributed by atoms with Crippen LogP contribution in [0.3, 0.4) is 0 Å². The molecule has 144 valence electrons. The molecule has 0 amide bonds. The monoisotopic (exact) mass is 376 g/mol. The van der Waals surface area contributed by atoms with Crippen molar-refractivity contribution in [2.24, 2.45) is 4.99 Å². The molecule has 2 aliphatic rings. The van der Waals surface area contributed by atoms with Crippen molar-refractivity contribution in [2.75, 3.05) is 56.6 Å². The largest absolute Gasteiger partial charge is 0.378 e. The minimum Gasteiger partial charge on any atom is -0.378 e. The van der Waals surface area contributed by atoms with E-state index >= 15 is 0 Å². The van der Waals surface area contributed by atoms with Gasteiger partial charge in [0.05, 0.1) is 19.8 Å². The highest BCUT2D eigenvalue weighted by Gasteiger charge is 2.28. The number of nitrogens with zero attached hydrogens (tertiary/aromatic N) is 3. The van der Waals surface area contributed by atoms with Gasteiger partial charge >= 0.3 is 0 Å². The second-order valence-electron chi connectivity index (χ2n) is 7.47. The molecule has 0 atom stereocenters. The van der Waals surface area contributed by atoms with E-state index in [9.17, 15) is 0 Å². The highest BCUT2D eigenvalue weighted by Crippen LogP contribution is 2.29. The summed E-state index contributed by atoms with van der Waals surface area (Å²) in [5.74, 6) is 2.20. The van der Waals surface area contributed by atoms with E-state index in [1.54, 1.807) is 0 Å². The van der Waals surface area contributed by atoms with E-state index < -0.39 is 0 Å². The highest BCUT2D eigenvalue weighted by molar-refractivity contribution is 8.00. The summed E-state index contributed by atoms with van der Waals surface area (Å²) < 4.78 is 5.72. The van der Waals surface area contributed by atoms with Gasteiger partial charge in [0.15, 0.2) is 5.96 Å². The van der Waals surface area contributed by atoms with Gasteiger partial charge in [0, 0.05) is 48.9 Å². The maximum Gasteiger partial charge on any atom is 0.194 e. The zero-order chi connectivity index (χ0) is 18.4. The molecule has 3 rings (SSSR count). The predicted octanol–water partition coefficient (Wildman–Crippen LogP) is 2.82. The molecule has 2 aliphatic heterocycles. The molecule has 1 aromatic rings.